The van der Waals surface area contributed by atoms with Crippen LogP contribution in [-0.2, 0) is 14.4 Å². The SMILES string of the molecule is CCCNC(=O)CCCC(=O)NC(CCC)C(=O)O. The second kappa shape index (κ2) is 10.3. The van der Waals surface area contributed by atoms with Crippen molar-refractivity contribution >= 4 is 17.8 Å². The van der Waals surface area contributed by atoms with Gasteiger partial charge in [-0.05, 0) is 19.3 Å². The summed E-state index contributed by atoms with van der Waals surface area (Å²) < 4.78 is 0. The third-order valence-corrected chi connectivity index (χ3v) is 2.59. The van der Waals surface area contributed by atoms with Crippen LogP contribution >= 0.6 is 0 Å². The Kier molecular flexibility index (Phi) is 9.48. The van der Waals surface area contributed by atoms with Crippen LogP contribution in [0.4, 0.5) is 0 Å². The third kappa shape index (κ3) is 9.04. The Balaban J connectivity index is 3.85. The van der Waals surface area contributed by atoms with Gasteiger partial charge in [0.2, 0.25) is 11.8 Å². The van der Waals surface area contributed by atoms with Crippen LogP contribution < -0.4 is 10.6 Å². The first-order valence-electron chi connectivity index (χ1n) is 6.80. The molecule has 3 N–H and O–H groups in total. The number of carbonyl (C=O) groups is 3. The fourth-order valence-corrected chi connectivity index (χ4v) is 1.57. The van der Waals surface area contributed by atoms with Gasteiger partial charge in [-0.1, -0.05) is 20.3 Å². The number of aliphatic carboxylic acids is 1. The molecule has 0 saturated heterocycles. The van der Waals surface area contributed by atoms with Gasteiger partial charge >= 0.3 is 5.97 Å². The normalized spacial score (nSPS) is 11.7. The Morgan fingerprint density at radius 2 is 1.68 bits per heavy atom. The van der Waals surface area contributed by atoms with E-state index in [4.69, 9.17) is 5.11 Å². The Bertz CT molecular complexity index is 305. The van der Waals surface area contributed by atoms with Gasteiger partial charge < -0.3 is 15.7 Å². The molecule has 0 aliphatic heterocycles. The van der Waals surface area contributed by atoms with Crippen molar-refractivity contribution in [2.75, 3.05) is 6.54 Å². The van der Waals surface area contributed by atoms with Crippen molar-refractivity contribution in [1.29, 1.82) is 0 Å². The molecular formula is C13H24N2O4. The summed E-state index contributed by atoms with van der Waals surface area (Å²) in [6.45, 7) is 4.47. The fourth-order valence-electron chi connectivity index (χ4n) is 1.57. The molecule has 0 radical (unpaired) electrons. The third-order valence-electron chi connectivity index (χ3n) is 2.59. The van der Waals surface area contributed by atoms with E-state index in [9.17, 15) is 14.4 Å². The van der Waals surface area contributed by atoms with Gasteiger partial charge in [-0.2, -0.15) is 0 Å². The summed E-state index contributed by atoms with van der Waals surface area (Å²) in [7, 11) is 0. The molecule has 0 saturated carbocycles. The molecule has 0 spiro atoms. The molecular weight excluding hydrogens is 248 g/mol. The summed E-state index contributed by atoms with van der Waals surface area (Å²) in [5, 5.41) is 14.1. The second-order valence-electron chi connectivity index (χ2n) is 4.45. The number of hydrogen-bond acceptors (Lipinski definition) is 3. The van der Waals surface area contributed by atoms with Crippen molar-refractivity contribution in [2.45, 2.75) is 58.4 Å². The zero-order valence-electron chi connectivity index (χ0n) is 11.7. The molecule has 1 atom stereocenters. The highest BCUT2D eigenvalue weighted by Gasteiger charge is 2.18. The Morgan fingerprint density at radius 1 is 1.05 bits per heavy atom. The van der Waals surface area contributed by atoms with E-state index in [-0.39, 0.29) is 18.2 Å². The second-order valence-corrected chi connectivity index (χ2v) is 4.45. The molecule has 6 nitrogen and oxygen atoms in total. The average molecular weight is 272 g/mol. The van der Waals surface area contributed by atoms with Crippen LogP contribution in [0.5, 0.6) is 0 Å². The van der Waals surface area contributed by atoms with E-state index in [1.165, 1.54) is 0 Å². The maximum absolute atomic E-state index is 11.5. The van der Waals surface area contributed by atoms with Gasteiger partial charge in [0.05, 0.1) is 0 Å². The standard InChI is InChI=1S/C13H24N2O4/c1-3-6-10(13(18)19)15-12(17)8-5-7-11(16)14-9-4-2/h10H,3-9H2,1-2H3,(H,14,16)(H,15,17)(H,18,19). The van der Waals surface area contributed by atoms with Crippen molar-refractivity contribution in [3.63, 3.8) is 0 Å². The van der Waals surface area contributed by atoms with Crippen LogP contribution in [-0.4, -0.2) is 35.5 Å². The van der Waals surface area contributed by atoms with Crippen LogP contribution in [0.2, 0.25) is 0 Å². The molecule has 0 aliphatic rings. The smallest absolute Gasteiger partial charge is 0.326 e. The van der Waals surface area contributed by atoms with Crippen LogP contribution in [0.3, 0.4) is 0 Å². The number of carboxylic acids is 1. The monoisotopic (exact) mass is 272 g/mol. The molecule has 0 aromatic rings. The molecule has 2 amide bonds. The lowest BCUT2D eigenvalue weighted by Gasteiger charge is -2.13. The topological polar surface area (TPSA) is 95.5 Å². The van der Waals surface area contributed by atoms with Crippen LogP contribution in [0.15, 0.2) is 0 Å². The predicted molar refractivity (Wildman–Crippen MR) is 71.6 cm³/mol. The van der Waals surface area contributed by atoms with Gasteiger partial charge in [-0.3, -0.25) is 9.59 Å². The summed E-state index contributed by atoms with van der Waals surface area (Å²) in [5.41, 5.74) is 0. The van der Waals surface area contributed by atoms with E-state index in [0.29, 0.717) is 32.2 Å². The summed E-state index contributed by atoms with van der Waals surface area (Å²) >= 11 is 0. The van der Waals surface area contributed by atoms with E-state index < -0.39 is 12.0 Å². The van der Waals surface area contributed by atoms with E-state index in [1.54, 1.807) is 0 Å². The molecule has 0 aromatic heterocycles. The molecule has 0 fully saturated rings. The molecule has 19 heavy (non-hydrogen) atoms. The zero-order valence-corrected chi connectivity index (χ0v) is 11.7. The van der Waals surface area contributed by atoms with Crippen molar-refractivity contribution in [2.24, 2.45) is 0 Å². The fraction of sp³-hybridized carbons (Fsp3) is 0.769. The first-order valence-corrected chi connectivity index (χ1v) is 6.80. The van der Waals surface area contributed by atoms with Gasteiger partial charge in [0, 0.05) is 19.4 Å². The number of amides is 2. The summed E-state index contributed by atoms with van der Waals surface area (Å²) in [5.74, 6) is -1.40. The minimum Gasteiger partial charge on any atom is -0.480 e. The largest absolute Gasteiger partial charge is 0.480 e. The Hall–Kier alpha value is -1.59. The molecule has 0 rings (SSSR count). The van der Waals surface area contributed by atoms with Crippen molar-refractivity contribution < 1.29 is 19.5 Å². The first kappa shape index (κ1) is 17.4. The zero-order chi connectivity index (χ0) is 14.7. The molecule has 0 heterocycles. The van der Waals surface area contributed by atoms with Crippen LogP contribution in [0.25, 0.3) is 0 Å². The first-order chi connectivity index (χ1) is 9.01. The van der Waals surface area contributed by atoms with Crippen molar-refractivity contribution in [1.82, 2.24) is 10.6 Å². The van der Waals surface area contributed by atoms with Gasteiger partial charge in [-0.25, -0.2) is 4.79 Å². The number of hydrogen-bond donors (Lipinski definition) is 3. The average Bonchev–Trinajstić information content (AvgIpc) is 2.35. The number of rotatable bonds is 10. The highest BCUT2D eigenvalue weighted by Crippen LogP contribution is 2.00. The van der Waals surface area contributed by atoms with Gasteiger partial charge in [0.15, 0.2) is 0 Å². The minimum absolute atomic E-state index is 0.0713. The summed E-state index contributed by atoms with van der Waals surface area (Å²) in [6.07, 6.45) is 2.88. The maximum atomic E-state index is 11.5. The number of carbonyl (C=O) groups excluding carboxylic acids is 2. The minimum atomic E-state index is -1.02. The predicted octanol–water partition coefficient (Wildman–Crippen LogP) is 1.05. The quantitative estimate of drug-likeness (QED) is 0.554. The lowest BCUT2D eigenvalue weighted by Crippen LogP contribution is -2.40. The highest BCUT2D eigenvalue weighted by molar-refractivity contribution is 5.84. The van der Waals surface area contributed by atoms with E-state index >= 15 is 0 Å². The lowest BCUT2D eigenvalue weighted by atomic mass is 10.1. The molecule has 6 heteroatoms. The van der Waals surface area contributed by atoms with E-state index in [1.807, 2.05) is 13.8 Å². The Morgan fingerprint density at radius 3 is 2.21 bits per heavy atom. The van der Waals surface area contributed by atoms with E-state index in [0.717, 1.165) is 6.42 Å². The molecule has 0 bridgehead atoms. The van der Waals surface area contributed by atoms with Gasteiger partial charge in [0.25, 0.3) is 0 Å². The van der Waals surface area contributed by atoms with Crippen molar-refractivity contribution in [3.05, 3.63) is 0 Å². The maximum Gasteiger partial charge on any atom is 0.326 e. The van der Waals surface area contributed by atoms with Crippen LogP contribution in [0.1, 0.15) is 52.4 Å². The van der Waals surface area contributed by atoms with Gasteiger partial charge in [-0.15, -0.1) is 0 Å². The molecule has 1 unspecified atom stereocenters. The van der Waals surface area contributed by atoms with Crippen molar-refractivity contribution in [3.8, 4) is 0 Å². The highest BCUT2D eigenvalue weighted by atomic mass is 16.4. The van der Waals surface area contributed by atoms with Crippen LogP contribution in [0, 0.1) is 0 Å². The summed E-state index contributed by atoms with van der Waals surface area (Å²) in [4.78, 5) is 33.6. The summed E-state index contributed by atoms with van der Waals surface area (Å²) in [6, 6.07) is -0.827. The van der Waals surface area contributed by atoms with Gasteiger partial charge in [0.1, 0.15) is 6.04 Å². The number of carboxylic acid groups (broad SMARTS) is 1. The molecule has 0 aromatic carbocycles. The molecule has 110 valence electrons. The van der Waals surface area contributed by atoms with E-state index in [2.05, 4.69) is 10.6 Å². The Labute approximate surface area is 113 Å². The number of nitrogens with one attached hydrogen (secondary N) is 2. The molecule has 0 aliphatic carbocycles. The lowest BCUT2D eigenvalue weighted by molar-refractivity contribution is -0.142.